The van der Waals surface area contributed by atoms with Gasteiger partial charge in [-0.15, -0.1) is 0 Å². The Morgan fingerprint density at radius 2 is 2.03 bits per heavy atom. The first kappa shape index (κ1) is 27.1. The van der Waals surface area contributed by atoms with Crippen LogP contribution in [0.25, 0.3) is 0 Å². The number of rotatable bonds is 10. The number of carbonyl (C=O) groups is 2. The van der Waals surface area contributed by atoms with Gasteiger partial charge in [0.2, 0.25) is 11.8 Å². The summed E-state index contributed by atoms with van der Waals surface area (Å²) in [5.41, 5.74) is 2.96. The Balaban J connectivity index is 1.51. The lowest BCUT2D eigenvalue weighted by atomic mass is 10.1. The molecule has 2 atom stereocenters. The van der Waals surface area contributed by atoms with Crippen molar-refractivity contribution < 1.29 is 19.1 Å². The van der Waals surface area contributed by atoms with E-state index < -0.39 is 0 Å². The molecule has 1 aromatic heterocycles. The molecule has 1 N–H and O–H groups in total. The van der Waals surface area contributed by atoms with Crippen molar-refractivity contribution in [3.05, 3.63) is 59.8 Å². The molecule has 1 aliphatic carbocycles. The number of hydrogen-bond donors (Lipinski definition) is 1. The molecular weight excluding hydrogens is 482 g/mol. The summed E-state index contributed by atoms with van der Waals surface area (Å²) < 4.78 is 11.4. The summed E-state index contributed by atoms with van der Waals surface area (Å²) in [6.45, 7) is 9.65. The van der Waals surface area contributed by atoms with Crippen molar-refractivity contribution in [2.24, 2.45) is 0 Å². The molecule has 4 rings (SSSR count). The molecule has 2 unspecified atom stereocenters. The number of pyridine rings is 1. The maximum absolute atomic E-state index is 12.5. The summed E-state index contributed by atoms with van der Waals surface area (Å²) in [6, 6.07) is 11.6. The van der Waals surface area contributed by atoms with Crippen LogP contribution in [0.5, 0.6) is 5.75 Å². The highest BCUT2D eigenvalue weighted by Gasteiger charge is 2.33. The van der Waals surface area contributed by atoms with Gasteiger partial charge in [-0.3, -0.25) is 9.59 Å². The van der Waals surface area contributed by atoms with Crippen LogP contribution in [0, 0.1) is 11.3 Å². The van der Waals surface area contributed by atoms with Crippen LogP contribution in [0.15, 0.2) is 43.0 Å². The van der Waals surface area contributed by atoms with Gasteiger partial charge in [0, 0.05) is 50.5 Å². The second-order valence-corrected chi connectivity index (χ2v) is 9.83. The number of nitrogens with zero attached hydrogens (tertiary/aromatic N) is 4. The van der Waals surface area contributed by atoms with Crippen LogP contribution in [0.1, 0.15) is 62.0 Å². The Morgan fingerprint density at radius 3 is 2.63 bits per heavy atom. The number of piperazine rings is 1. The Morgan fingerprint density at radius 1 is 1.29 bits per heavy atom. The Kier molecular flexibility index (Phi) is 8.64. The number of amides is 2. The minimum Gasteiger partial charge on any atom is -0.484 e. The number of ether oxygens (including phenoxy) is 2. The number of benzene rings is 1. The average Bonchev–Trinajstić information content (AvgIpc) is 3.77. The van der Waals surface area contributed by atoms with Crippen LogP contribution in [-0.4, -0.2) is 61.1 Å². The predicted octanol–water partition coefficient (Wildman–Crippen LogP) is 4.17. The first-order chi connectivity index (χ1) is 18.3. The van der Waals surface area contributed by atoms with Crippen LogP contribution in [-0.2, 0) is 14.3 Å². The largest absolute Gasteiger partial charge is 0.484 e. The topological polar surface area (TPSA) is 108 Å². The molecule has 2 amide bonds. The molecule has 1 saturated carbocycles. The SMILES string of the molecule is C=CC(=O)Nc1ccc(C(C)Oc2cc(C#N)c(N3CCN(C(=O)CCOC)C(C)C3)nc2C2CC2)cc1. The third-order valence-electron chi connectivity index (χ3n) is 6.98. The Hall–Kier alpha value is -3.90. The van der Waals surface area contributed by atoms with Crippen LogP contribution in [0.2, 0.25) is 0 Å². The summed E-state index contributed by atoms with van der Waals surface area (Å²) in [7, 11) is 1.59. The van der Waals surface area contributed by atoms with Crippen molar-refractivity contribution in [3.8, 4) is 11.8 Å². The monoisotopic (exact) mass is 517 g/mol. The van der Waals surface area contributed by atoms with Gasteiger partial charge in [0.1, 0.15) is 23.7 Å². The number of nitrogens with one attached hydrogen (secondary N) is 1. The lowest BCUT2D eigenvalue weighted by Crippen LogP contribution is -2.54. The van der Waals surface area contributed by atoms with E-state index >= 15 is 0 Å². The maximum Gasteiger partial charge on any atom is 0.247 e. The number of hydrogen-bond acceptors (Lipinski definition) is 7. The molecule has 1 saturated heterocycles. The molecule has 0 radical (unpaired) electrons. The van der Waals surface area contributed by atoms with E-state index in [0.29, 0.717) is 61.4 Å². The molecule has 2 aliphatic rings. The van der Waals surface area contributed by atoms with Gasteiger partial charge in [0.25, 0.3) is 0 Å². The quantitative estimate of drug-likeness (QED) is 0.471. The third-order valence-corrected chi connectivity index (χ3v) is 6.98. The molecule has 1 aromatic carbocycles. The average molecular weight is 518 g/mol. The molecule has 38 heavy (non-hydrogen) atoms. The zero-order chi connectivity index (χ0) is 27.2. The van der Waals surface area contributed by atoms with Gasteiger partial charge in [-0.25, -0.2) is 4.98 Å². The minimum atomic E-state index is -0.280. The second-order valence-electron chi connectivity index (χ2n) is 9.83. The number of carbonyl (C=O) groups excluding carboxylic acids is 2. The van der Waals surface area contributed by atoms with Crippen molar-refractivity contribution in [1.82, 2.24) is 9.88 Å². The third kappa shape index (κ3) is 6.32. The molecule has 0 spiro atoms. The van der Waals surface area contributed by atoms with E-state index in [1.807, 2.05) is 49.1 Å². The highest BCUT2D eigenvalue weighted by atomic mass is 16.5. The van der Waals surface area contributed by atoms with Gasteiger partial charge in [-0.1, -0.05) is 18.7 Å². The lowest BCUT2D eigenvalue weighted by Gasteiger charge is -2.41. The first-order valence-corrected chi connectivity index (χ1v) is 13.0. The molecule has 2 aromatic rings. The predicted molar refractivity (Wildman–Crippen MR) is 145 cm³/mol. The fourth-order valence-electron chi connectivity index (χ4n) is 4.71. The highest BCUT2D eigenvalue weighted by molar-refractivity contribution is 5.98. The van der Waals surface area contributed by atoms with Gasteiger partial charge in [0.05, 0.1) is 24.3 Å². The highest BCUT2D eigenvalue weighted by Crippen LogP contribution is 2.45. The maximum atomic E-state index is 12.5. The lowest BCUT2D eigenvalue weighted by molar-refractivity contribution is -0.134. The van der Waals surface area contributed by atoms with Gasteiger partial charge in [-0.2, -0.15) is 5.26 Å². The molecule has 1 aliphatic heterocycles. The summed E-state index contributed by atoms with van der Waals surface area (Å²) in [4.78, 5) is 33.1. The molecule has 9 nitrogen and oxygen atoms in total. The number of nitriles is 1. The van der Waals surface area contributed by atoms with Crippen LogP contribution >= 0.6 is 0 Å². The zero-order valence-electron chi connectivity index (χ0n) is 22.3. The van der Waals surface area contributed by atoms with Crippen molar-refractivity contribution in [2.75, 3.05) is 43.6 Å². The van der Waals surface area contributed by atoms with E-state index in [-0.39, 0.29) is 24.0 Å². The second kappa shape index (κ2) is 12.1. The first-order valence-electron chi connectivity index (χ1n) is 13.0. The number of anilines is 2. The molecule has 0 bridgehead atoms. The standard InChI is InChI=1S/C29H35N5O4/c1-5-26(35)31-24-10-8-21(9-11-24)20(3)38-25-16-23(17-30)29(32-28(25)22-6-7-22)33-13-14-34(19(2)18-33)27(36)12-15-37-4/h5,8-11,16,19-20,22H,1,6-7,12-15,18H2,2-4H3,(H,31,35). The minimum absolute atomic E-state index is 0.000933. The van der Waals surface area contributed by atoms with E-state index in [1.165, 1.54) is 6.08 Å². The van der Waals surface area contributed by atoms with Crippen LogP contribution < -0.4 is 15.0 Å². The fourth-order valence-corrected chi connectivity index (χ4v) is 4.71. The van der Waals surface area contributed by atoms with Crippen LogP contribution in [0.3, 0.4) is 0 Å². The summed E-state index contributed by atoms with van der Waals surface area (Å²) in [5.74, 6) is 1.42. The Bertz CT molecular complexity index is 1220. The molecule has 200 valence electrons. The Labute approximate surface area is 224 Å². The van der Waals surface area contributed by atoms with Gasteiger partial charge in [0.15, 0.2) is 0 Å². The smallest absolute Gasteiger partial charge is 0.247 e. The van der Waals surface area contributed by atoms with Gasteiger partial charge < -0.3 is 24.6 Å². The van der Waals surface area contributed by atoms with Crippen molar-refractivity contribution in [1.29, 1.82) is 5.26 Å². The summed E-state index contributed by atoms with van der Waals surface area (Å²) >= 11 is 0. The van der Waals surface area contributed by atoms with E-state index in [0.717, 1.165) is 24.1 Å². The summed E-state index contributed by atoms with van der Waals surface area (Å²) in [5, 5.41) is 12.7. The van der Waals surface area contributed by atoms with Gasteiger partial charge >= 0.3 is 0 Å². The van der Waals surface area contributed by atoms with Crippen molar-refractivity contribution in [3.63, 3.8) is 0 Å². The molecule has 2 fully saturated rings. The zero-order valence-corrected chi connectivity index (χ0v) is 22.3. The number of methoxy groups -OCH3 is 1. The van der Waals surface area contributed by atoms with E-state index in [2.05, 4.69) is 22.9 Å². The molecular formula is C29H35N5O4. The van der Waals surface area contributed by atoms with Gasteiger partial charge in [-0.05, 0) is 50.5 Å². The molecule has 2 heterocycles. The number of aromatic nitrogens is 1. The van der Waals surface area contributed by atoms with Crippen molar-refractivity contribution in [2.45, 2.75) is 51.2 Å². The van der Waals surface area contributed by atoms with E-state index in [4.69, 9.17) is 14.5 Å². The van der Waals surface area contributed by atoms with E-state index in [1.54, 1.807) is 7.11 Å². The molecule has 9 heteroatoms. The van der Waals surface area contributed by atoms with Crippen LogP contribution in [0.4, 0.5) is 11.5 Å². The van der Waals surface area contributed by atoms with Crippen molar-refractivity contribution >= 4 is 23.3 Å². The van der Waals surface area contributed by atoms with E-state index in [9.17, 15) is 14.9 Å². The summed E-state index contributed by atoms with van der Waals surface area (Å²) in [6.07, 6.45) is 3.39. The normalized spacial score (nSPS) is 17.9. The fraction of sp³-hybridized carbons (Fsp3) is 0.448.